The third-order valence-electron chi connectivity index (χ3n) is 5.96. The van der Waals surface area contributed by atoms with E-state index in [0.29, 0.717) is 21.8 Å². The Hall–Kier alpha value is -3.20. The maximum atomic E-state index is 13.0. The molecule has 1 amide bonds. The number of pyridine rings is 1. The molecule has 9 heteroatoms. The summed E-state index contributed by atoms with van der Waals surface area (Å²) in [6.07, 6.45) is 3.45. The predicted octanol–water partition coefficient (Wildman–Crippen LogP) is 4.42. The molecule has 5 rings (SSSR count). The molecule has 1 fully saturated rings. The lowest BCUT2D eigenvalue weighted by Crippen LogP contribution is -2.48. The summed E-state index contributed by atoms with van der Waals surface area (Å²) in [5.74, 6) is 1.12. The predicted molar refractivity (Wildman–Crippen MR) is 139 cm³/mol. The van der Waals surface area contributed by atoms with Crippen molar-refractivity contribution in [2.45, 2.75) is 11.7 Å². The molecule has 0 saturated carbocycles. The molecule has 35 heavy (non-hydrogen) atoms. The molecule has 1 aliphatic rings. The van der Waals surface area contributed by atoms with Gasteiger partial charge < -0.3 is 4.90 Å². The minimum atomic E-state index is 0.116. The molecular weight excluding hydrogens is 480 g/mol. The average molecular weight is 505 g/mol. The molecule has 0 unspecified atom stereocenters. The lowest BCUT2D eigenvalue weighted by molar-refractivity contribution is -0.130. The number of thioether (sulfide) groups is 1. The van der Waals surface area contributed by atoms with E-state index in [1.807, 2.05) is 51.9 Å². The quantitative estimate of drug-likeness (QED) is 0.347. The SMILES string of the molecule is O=C(CSc1nnc(-c2ccncc2)n1-c1ccc(Cl)cc1)N1CCN(Cc2ccccc2)CC1. The van der Waals surface area contributed by atoms with Gasteiger partial charge >= 0.3 is 0 Å². The maximum absolute atomic E-state index is 13.0. The highest BCUT2D eigenvalue weighted by Crippen LogP contribution is 2.28. The number of piperazine rings is 1. The van der Waals surface area contributed by atoms with E-state index >= 15 is 0 Å². The van der Waals surface area contributed by atoms with E-state index in [0.717, 1.165) is 44.0 Å². The van der Waals surface area contributed by atoms with Gasteiger partial charge in [-0.2, -0.15) is 0 Å². The average Bonchev–Trinajstić information content (AvgIpc) is 3.33. The standard InChI is InChI=1S/C26H25ClN6OS/c27-22-6-8-23(9-7-22)33-25(21-10-12-28-13-11-21)29-30-26(33)35-19-24(34)32-16-14-31(15-17-32)18-20-4-2-1-3-5-20/h1-13H,14-19H2. The number of carbonyl (C=O) groups excluding carboxylic acids is 1. The second kappa shape index (κ2) is 11.0. The van der Waals surface area contributed by atoms with Gasteiger partial charge in [0.1, 0.15) is 0 Å². The molecule has 7 nitrogen and oxygen atoms in total. The van der Waals surface area contributed by atoms with Gasteiger partial charge in [0.25, 0.3) is 0 Å². The van der Waals surface area contributed by atoms with Gasteiger partial charge in [0, 0.05) is 61.4 Å². The van der Waals surface area contributed by atoms with Crippen molar-refractivity contribution in [3.05, 3.63) is 89.7 Å². The minimum absolute atomic E-state index is 0.116. The zero-order chi connectivity index (χ0) is 24.0. The largest absolute Gasteiger partial charge is 0.339 e. The lowest BCUT2D eigenvalue weighted by atomic mass is 10.2. The molecule has 0 bridgehead atoms. The summed E-state index contributed by atoms with van der Waals surface area (Å²) in [6, 6.07) is 21.8. The van der Waals surface area contributed by atoms with Crippen molar-refractivity contribution < 1.29 is 4.79 Å². The Bertz CT molecular complexity index is 1260. The summed E-state index contributed by atoms with van der Waals surface area (Å²) in [7, 11) is 0. The van der Waals surface area contributed by atoms with Crippen LogP contribution in [0.4, 0.5) is 0 Å². The Balaban J connectivity index is 1.25. The summed E-state index contributed by atoms with van der Waals surface area (Å²) >= 11 is 7.51. The Morgan fingerprint density at radius 1 is 0.886 bits per heavy atom. The first-order valence-electron chi connectivity index (χ1n) is 11.5. The molecule has 0 N–H and O–H groups in total. The molecular formula is C26H25ClN6OS. The van der Waals surface area contributed by atoms with Crippen LogP contribution in [0.2, 0.25) is 5.02 Å². The van der Waals surface area contributed by atoms with Crippen LogP contribution in [0.1, 0.15) is 5.56 Å². The first-order valence-corrected chi connectivity index (χ1v) is 12.8. The fraction of sp³-hybridized carbons (Fsp3) is 0.231. The summed E-state index contributed by atoms with van der Waals surface area (Å²) in [5, 5.41) is 10.2. The first kappa shape index (κ1) is 23.5. The fourth-order valence-corrected chi connectivity index (χ4v) is 5.07. The Morgan fingerprint density at radius 3 is 2.31 bits per heavy atom. The smallest absolute Gasteiger partial charge is 0.233 e. The Kier molecular flexibility index (Phi) is 7.42. The second-order valence-corrected chi connectivity index (χ2v) is 9.66. The third kappa shape index (κ3) is 5.73. The molecule has 178 valence electrons. The van der Waals surface area contributed by atoms with E-state index in [-0.39, 0.29) is 5.91 Å². The summed E-state index contributed by atoms with van der Waals surface area (Å²) in [6.45, 7) is 4.13. The van der Waals surface area contributed by atoms with Crippen LogP contribution in [-0.4, -0.2) is 67.4 Å². The van der Waals surface area contributed by atoms with Gasteiger partial charge in [-0.15, -0.1) is 10.2 Å². The van der Waals surface area contributed by atoms with Gasteiger partial charge in [-0.05, 0) is 42.0 Å². The van der Waals surface area contributed by atoms with Crippen LogP contribution in [-0.2, 0) is 11.3 Å². The number of amides is 1. The highest BCUT2D eigenvalue weighted by molar-refractivity contribution is 7.99. The minimum Gasteiger partial charge on any atom is -0.339 e. The Morgan fingerprint density at radius 2 is 1.60 bits per heavy atom. The molecule has 0 spiro atoms. The monoisotopic (exact) mass is 504 g/mol. The number of aromatic nitrogens is 4. The van der Waals surface area contributed by atoms with Crippen molar-refractivity contribution in [1.29, 1.82) is 0 Å². The second-order valence-electron chi connectivity index (χ2n) is 8.29. The van der Waals surface area contributed by atoms with Crippen LogP contribution in [0.3, 0.4) is 0 Å². The number of hydrogen-bond donors (Lipinski definition) is 0. The van der Waals surface area contributed by atoms with E-state index in [9.17, 15) is 4.79 Å². The van der Waals surface area contributed by atoms with Crippen molar-refractivity contribution in [1.82, 2.24) is 29.5 Å². The number of benzene rings is 2. The van der Waals surface area contributed by atoms with Crippen LogP contribution in [0, 0.1) is 0 Å². The van der Waals surface area contributed by atoms with Crippen LogP contribution < -0.4 is 0 Å². The maximum Gasteiger partial charge on any atom is 0.233 e. The number of carbonyl (C=O) groups is 1. The van der Waals surface area contributed by atoms with Crippen molar-refractivity contribution in [3.8, 4) is 17.1 Å². The van der Waals surface area contributed by atoms with Crippen LogP contribution in [0.25, 0.3) is 17.1 Å². The van der Waals surface area contributed by atoms with E-state index in [4.69, 9.17) is 11.6 Å². The molecule has 3 heterocycles. The van der Waals surface area contributed by atoms with Gasteiger partial charge in [-0.3, -0.25) is 19.2 Å². The van der Waals surface area contributed by atoms with Gasteiger partial charge in [0.2, 0.25) is 5.91 Å². The zero-order valence-electron chi connectivity index (χ0n) is 19.1. The molecule has 4 aromatic rings. The topological polar surface area (TPSA) is 67.2 Å². The van der Waals surface area contributed by atoms with Crippen molar-refractivity contribution >= 4 is 29.3 Å². The number of nitrogens with zero attached hydrogens (tertiary/aromatic N) is 6. The Labute approximate surface area is 213 Å². The van der Waals surface area contributed by atoms with Crippen molar-refractivity contribution in [3.63, 3.8) is 0 Å². The molecule has 1 aliphatic heterocycles. The molecule has 1 saturated heterocycles. The van der Waals surface area contributed by atoms with Crippen LogP contribution >= 0.6 is 23.4 Å². The third-order valence-corrected chi connectivity index (χ3v) is 7.12. The molecule has 2 aromatic heterocycles. The molecule has 2 aromatic carbocycles. The zero-order valence-corrected chi connectivity index (χ0v) is 20.7. The summed E-state index contributed by atoms with van der Waals surface area (Å²) in [5.41, 5.74) is 3.08. The van der Waals surface area contributed by atoms with E-state index < -0.39 is 0 Å². The summed E-state index contributed by atoms with van der Waals surface area (Å²) in [4.78, 5) is 21.4. The van der Waals surface area contributed by atoms with Crippen LogP contribution in [0.5, 0.6) is 0 Å². The van der Waals surface area contributed by atoms with Crippen molar-refractivity contribution in [2.75, 3.05) is 31.9 Å². The highest BCUT2D eigenvalue weighted by Gasteiger charge is 2.23. The fourth-order valence-electron chi connectivity index (χ4n) is 4.09. The van der Waals surface area contributed by atoms with Gasteiger partial charge in [-0.1, -0.05) is 53.7 Å². The molecule has 0 radical (unpaired) electrons. The van der Waals surface area contributed by atoms with E-state index in [2.05, 4.69) is 44.3 Å². The van der Waals surface area contributed by atoms with E-state index in [1.165, 1.54) is 17.3 Å². The van der Waals surface area contributed by atoms with Crippen molar-refractivity contribution in [2.24, 2.45) is 0 Å². The van der Waals surface area contributed by atoms with Gasteiger partial charge in [0.05, 0.1) is 5.75 Å². The van der Waals surface area contributed by atoms with Gasteiger partial charge in [0.15, 0.2) is 11.0 Å². The molecule has 0 aliphatic carbocycles. The number of hydrogen-bond acceptors (Lipinski definition) is 6. The normalized spacial score (nSPS) is 14.3. The highest BCUT2D eigenvalue weighted by atomic mass is 35.5. The van der Waals surface area contributed by atoms with E-state index in [1.54, 1.807) is 12.4 Å². The summed E-state index contributed by atoms with van der Waals surface area (Å²) < 4.78 is 1.96. The molecule has 0 atom stereocenters. The number of halogens is 1. The first-order chi connectivity index (χ1) is 17.2. The number of rotatable bonds is 7. The van der Waals surface area contributed by atoms with Crippen LogP contribution in [0.15, 0.2) is 84.3 Å². The lowest BCUT2D eigenvalue weighted by Gasteiger charge is -2.34. The van der Waals surface area contributed by atoms with Gasteiger partial charge in [-0.25, -0.2) is 0 Å².